The van der Waals surface area contributed by atoms with E-state index in [-0.39, 0.29) is 5.69 Å². The Morgan fingerprint density at radius 2 is 1.95 bits per heavy atom. The number of halogens is 1. The molecule has 1 N–H and O–H groups in total. The van der Waals surface area contributed by atoms with Gasteiger partial charge in [-0.2, -0.15) is 0 Å². The summed E-state index contributed by atoms with van der Waals surface area (Å²) < 4.78 is 7.73. The Hall–Kier alpha value is -2.34. The highest BCUT2D eigenvalue weighted by Crippen LogP contribution is 2.26. The van der Waals surface area contributed by atoms with Gasteiger partial charge in [0.1, 0.15) is 11.6 Å². The molecule has 1 aromatic carbocycles. The van der Waals surface area contributed by atoms with E-state index in [1.54, 1.807) is 29.8 Å². The number of methoxy groups -OCH3 is 1. The molecular formula is C15H11BrN2O3. The largest absolute Gasteiger partial charge is 0.497 e. The molecule has 5 nitrogen and oxygen atoms in total. The number of pyridine rings is 1. The van der Waals surface area contributed by atoms with Gasteiger partial charge in [-0.25, -0.2) is 9.78 Å². The first-order valence-corrected chi connectivity index (χ1v) is 6.95. The second-order valence-corrected chi connectivity index (χ2v) is 5.34. The van der Waals surface area contributed by atoms with Crippen molar-refractivity contribution in [1.82, 2.24) is 9.38 Å². The quantitative estimate of drug-likeness (QED) is 0.788. The van der Waals surface area contributed by atoms with Crippen LogP contribution in [0.5, 0.6) is 5.75 Å². The first-order chi connectivity index (χ1) is 10.1. The second kappa shape index (κ2) is 5.21. The molecule has 106 valence electrons. The number of imidazole rings is 1. The average molecular weight is 347 g/mol. The van der Waals surface area contributed by atoms with Gasteiger partial charge in [0.05, 0.1) is 12.6 Å². The zero-order chi connectivity index (χ0) is 15.0. The van der Waals surface area contributed by atoms with E-state index in [1.165, 1.54) is 0 Å². The van der Waals surface area contributed by atoms with E-state index in [2.05, 4.69) is 20.9 Å². The molecule has 3 aromatic rings. The van der Waals surface area contributed by atoms with Crippen LogP contribution in [0.3, 0.4) is 0 Å². The lowest BCUT2D eigenvalue weighted by Gasteiger charge is -2.03. The number of aromatic nitrogens is 2. The summed E-state index contributed by atoms with van der Waals surface area (Å²) in [5.41, 5.74) is 1.40. The summed E-state index contributed by atoms with van der Waals surface area (Å²) in [6, 6.07) is 10.8. The highest BCUT2D eigenvalue weighted by atomic mass is 79.9. The Labute approximate surface area is 128 Å². The van der Waals surface area contributed by atoms with Crippen molar-refractivity contribution in [3.8, 4) is 17.1 Å². The van der Waals surface area contributed by atoms with Crippen molar-refractivity contribution in [3.05, 3.63) is 52.8 Å². The van der Waals surface area contributed by atoms with Gasteiger partial charge in [-0.3, -0.25) is 4.40 Å². The number of ether oxygens (including phenoxy) is 1. The normalized spacial score (nSPS) is 10.8. The molecule has 0 aliphatic rings. The van der Waals surface area contributed by atoms with Gasteiger partial charge in [0.25, 0.3) is 0 Å². The lowest BCUT2D eigenvalue weighted by molar-refractivity contribution is 0.0693. The minimum absolute atomic E-state index is 0.0355. The third kappa shape index (κ3) is 2.38. The first kappa shape index (κ1) is 13.6. The topological polar surface area (TPSA) is 63.8 Å². The number of carbonyl (C=O) groups is 1. The fourth-order valence-corrected chi connectivity index (χ4v) is 2.50. The number of benzene rings is 1. The second-order valence-electron chi connectivity index (χ2n) is 4.42. The van der Waals surface area contributed by atoms with Gasteiger partial charge in [0.15, 0.2) is 5.69 Å². The zero-order valence-corrected chi connectivity index (χ0v) is 12.7. The minimum atomic E-state index is -1.05. The number of hydrogen-bond donors (Lipinski definition) is 1. The van der Waals surface area contributed by atoms with Gasteiger partial charge >= 0.3 is 5.97 Å². The fraction of sp³-hybridized carbons (Fsp3) is 0.0667. The summed E-state index contributed by atoms with van der Waals surface area (Å²) in [6.07, 6.45) is 1.80. The number of fused-ring (bicyclic) bond motifs is 1. The lowest BCUT2D eigenvalue weighted by atomic mass is 10.2. The van der Waals surface area contributed by atoms with Crippen LogP contribution in [0.25, 0.3) is 16.9 Å². The van der Waals surface area contributed by atoms with Crippen LogP contribution in [0, 0.1) is 0 Å². The predicted molar refractivity (Wildman–Crippen MR) is 81.8 cm³/mol. The standard InChI is InChI=1S/C15H11BrN2O3/c1-21-11-5-2-9(3-6-11)14-17-13(15(19)20)12-7-4-10(16)8-18(12)14/h2-8H,1H3,(H,19,20). The summed E-state index contributed by atoms with van der Waals surface area (Å²) in [6.45, 7) is 0. The van der Waals surface area contributed by atoms with Crippen molar-refractivity contribution in [1.29, 1.82) is 0 Å². The van der Waals surface area contributed by atoms with Crippen LogP contribution in [0.1, 0.15) is 10.5 Å². The number of aromatic carboxylic acids is 1. The summed E-state index contributed by atoms with van der Waals surface area (Å²) in [5.74, 6) is 0.264. The highest BCUT2D eigenvalue weighted by molar-refractivity contribution is 9.10. The maximum atomic E-state index is 11.3. The van der Waals surface area contributed by atoms with Crippen molar-refractivity contribution < 1.29 is 14.6 Å². The van der Waals surface area contributed by atoms with Crippen LogP contribution >= 0.6 is 15.9 Å². The summed E-state index contributed by atoms with van der Waals surface area (Å²) in [7, 11) is 1.60. The van der Waals surface area contributed by atoms with Crippen LogP contribution in [0.2, 0.25) is 0 Å². The summed E-state index contributed by atoms with van der Waals surface area (Å²) >= 11 is 3.39. The summed E-state index contributed by atoms with van der Waals surface area (Å²) in [4.78, 5) is 15.6. The Balaban J connectivity index is 2.25. The van der Waals surface area contributed by atoms with E-state index >= 15 is 0 Å². The summed E-state index contributed by atoms with van der Waals surface area (Å²) in [5, 5.41) is 9.29. The monoisotopic (exact) mass is 346 g/mol. The molecule has 0 bridgehead atoms. The van der Waals surface area contributed by atoms with Crippen molar-refractivity contribution in [2.45, 2.75) is 0 Å². The Morgan fingerprint density at radius 3 is 2.57 bits per heavy atom. The molecule has 0 unspecified atom stereocenters. The lowest BCUT2D eigenvalue weighted by Crippen LogP contribution is -1.97. The minimum Gasteiger partial charge on any atom is -0.497 e. The third-order valence-electron chi connectivity index (χ3n) is 3.15. The van der Waals surface area contributed by atoms with Crippen LogP contribution in [-0.2, 0) is 0 Å². The van der Waals surface area contributed by atoms with Gasteiger partial charge in [-0.1, -0.05) is 0 Å². The molecule has 6 heteroatoms. The van der Waals surface area contributed by atoms with Gasteiger partial charge in [0.2, 0.25) is 0 Å². The molecule has 0 saturated heterocycles. The highest BCUT2D eigenvalue weighted by Gasteiger charge is 2.17. The van der Waals surface area contributed by atoms with Gasteiger partial charge in [0, 0.05) is 16.2 Å². The smallest absolute Gasteiger partial charge is 0.356 e. The van der Waals surface area contributed by atoms with E-state index in [0.29, 0.717) is 11.3 Å². The van der Waals surface area contributed by atoms with Crippen molar-refractivity contribution in [2.75, 3.05) is 7.11 Å². The average Bonchev–Trinajstić information content (AvgIpc) is 2.86. The van der Waals surface area contributed by atoms with Gasteiger partial charge < -0.3 is 9.84 Å². The molecule has 2 aromatic heterocycles. The van der Waals surface area contributed by atoms with E-state index in [0.717, 1.165) is 15.8 Å². The van der Waals surface area contributed by atoms with Crippen LogP contribution in [-0.4, -0.2) is 27.6 Å². The molecular weight excluding hydrogens is 336 g/mol. The molecule has 21 heavy (non-hydrogen) atoms. The van der Waals surface area contributed by atoms with Crippen LogP contribution < -0.4 is 4.74 Å². The molecule has 0 amide bonds. The van der Waals surface area contributed by atoms with Gasteiger partial charge in [-0.15, -0.1) is 0 Å². The van der Waals surface area contributed by atoms with Gasteiger partial charge in [-0.05, 0) is 52.3 Å². The third-order valence-corrected chi connectivity index (χ3v) is 3.62. The maximum Gasteiger partial charge on any atom is 0.356 e. The molecule has 3 rings (SSSR count). The zero-order valence-electron chi connectivity index (χ0n) is 11.1. The Kier molecular flexibility index (Phi) is 3.39. The number of carboxylic acids is 1. The fourth-order valence-electron chi connectivity index (χ4n) is 2.16. The van der Waals surface area contributed by atoms with E-state index in [9.17, 15) is 9.90 Å². The number of nitrogens with zero attached hydrogens (tertiary/aromatic N) is 2. The van der Waals surface area contributed by atoms with E-state index < -0.39 is 5.97 Å². The van der Waals surface area contributed by atoms with E-state index in [1.807, 2.05) is 24.3 Å². The van der Waals surface area contributed by atoms with Crippen molar-refractivity contribution >= 4 is 27.4 Å². The van der Waals surface area contributed by atoms with Crippen molar-refractivity contribution in [3.63, 3.8) is 0 Å². The molecule has 2 heterocycles. The number of rotatable bonds is 3. The van der Waals surface area contributed by atoms with E-state index in [4.69, 9.17) is 4.74 Å². The molecule has 0 fully saturated rings. The molecule has 0 aliphatic heterocycles. The number of hydrogen-bond acceptors (Lipinski definition) is 3. The molecule has 0 spiro atoms. The molecule has 0 radical (unpaired) electrons. The number of carboxylic acid groups (broad SMARTS) is 1. The predicted octanol–water partition coefficient (Wildman–Crippen LogP) is 3.47. The maximum absolute atomic E-state index is 11.3. The van der Waals surface area contributed by atoms with Crippen LogP contribution in [0.4, 0.5) is 0 Å². The Morgan fingerprint density at radius 1 is 1.24 bits per heavy atom. The first-order valence-electron chi connectivity index (χ1n) is 6.15. The SMILES string of the molecule is COc1ccc(-c2nc(C(=O)O)c3ccc(Br)cn23)cc1. The molecule has 0 aliphatic carbocycles. The molecule has 0 atom stereocenters. The Bertz CT molecular complexity index is 825. The molecule has 0 saturated carbocycles. The van der Waals surface area contributed by atoms with Crippen LogP contribution in [0.15, 0.2) is 47.1 Å². The van der Waals surface area contributed by atoms with Crippen molar-refractivity contribution in [2.24, 2.45) is 0 Å².